The number of amides is 2. The lowest BCUT2D eigenvalue weighted by molar-refractivity contribution is -0.141. The van der Waals surface area contributed by atoms with E-state index in [-0.39, 0.29) is 6.03 Å². The molecule has 0 spiro atoms. The number of aliphatic carboxylic acids is 1. The van der Waals surface area contributed by atoms with Crippen LogP contribution in [0.2, 0.25) is 0 Å². The van der Waals surface area contributed by atoms with Gasteiger partial charge in [0.2, 0.25) is 0 Å². The van der Waals surface area contributed by atoms with Gasteiger partial charge in [0.05, 0.1) is 12.5 Å². The molecule has 24 heavy (non-hydrogen) atoms. The van der Waals surface area contributed by atoms with E-state index in [0.29, 0.717) is 38.6 Å². The number of urea groups is 1. The van der Waals surface area contributed by atoms with E-state index in [2.05, 4.69) is 19.2 Å². The van der Waals surface area contributed by atoms with Crippen molar-refractivity contribution in [1.82, 2.24) is 10.2 Å². The Kier molecular flexibility index (Phi) is 6.46. The number of likely N-dealkylation sites (tertiary alicyclic amines) is 1. The van der Waals surface area contributed by atoms with Crippen molar-refractivity contribution in [2.75, 3.05) is 26.2 Å². The van der Waals surface area contributed by atoms with Gasteiger partial charge in [-0.05, 0) is 36.5 Å². The highest BCUT2D eigenvalue weighted by Crippen LogP contribution is 2.16. The number of carbonyl (C=O) groups excluding carboxylic acids is 1. The number of ether oxygens (including phenoxy) is 1. The molecule has 6 heteroatoms. The zero-order valence-corrected chi connectivity index (χ0v) is 14.3. The van der Waals surface area contributed by atoms with Crippen LogP contribution in [-0.2, 0) is 11.2 Å². The van der Waals surface area contributed by atoms with Crippen LogP contribution in [0.3, 0.4) is 0 Å². The summed E-state index contributed by atoms with van der Waals surface area (Å²) in [6.07, 6.45) is 1.26. The minimum Gasteiger partial charge on any atom is -0.493 e. The van der Waals surface area contributed by atoms with E-state index in [1.807, 2.05) is 24.3 Å². The lowest BCUT2D eigenvalue weighted by Crippen LogP contribution is -2.39. The second kappa shape index (κ2) is 8.57. The molecule has 0 radical (unpaired) electrons. The fraction of sp³-hybridized carbons (Fsp3) is 0.556. The topological polar surface area (TPSA) is 78.9 Å². The second-order valence-electron chi connectivity index (χ2n) is 6.60. The second-order valence-corrected chi connectivity index (χ2v) is 6.60. The Morgan fingerprint density at radius 3 is 2.62 bits per heavy atom. The standard InChI is InChI=1S/C18H26N2O4/c1-13(2)12-24-16-5-3-14(4-6-16)7-9-19-18(23)20-10-8-15(11-20)17(21)22/h3-6,13,15H,7-12H2,1-2H3,(H,19,23)(H,21,22). The largest absolute Gasteiger partial charge is 0.493 e. The SMILES string of the molecule is CC(C)COc1ccc(CCNC(=O)N2CCC(C(=O)O)C2)cc1. The van der Waals surface area contributed by atoms with Crippen molar-refractivity contribution >= 4 is 12.0 Å². The molecular formula is C18H26N2O4. The van der Waals surface area contributed by atoms with Crippen molar-refractivity contribution in [2.24, 2.45) is 11.8 Å². The molecule has 0 aliphatic carbocycles. The molecule has 6 nitrogen and oxygen atoms in total. The van der Waals surface area contributed by atoms with Crippen LogP contribution in [-0.4, -0.2) is 48.2 Å². The summed E-state index contributed by atoms with van der Waals surface area (Å²) in [4.78, 5) is 24.5. The summed E-state index contributed by atoms with van der Waals surface area (Å²) in [5.41, 5.74) is 1.12. The van der Waals surface area contributed by atoms with Gasteiger partial charge in [-0.3, -0.25) is 4.79 Å². The molecule has 0 bridgehead atoms. The number of carboxylic acid groups (broad SMARTS) is 1. The van der Waals surface area contributed by atoms with Crippen LogP contribution in [0, 0.1) is 11.8 Å². The quantitative estimate of drug-likeness (QED) is 0.802. The van der Waals surface area contributed by atoms with Crippen LogP contribution in [0.15, 0.2) is 24.3 Å². The molecule has 1 aromatic rings. The number of hydrogen-bond donors (Lipinski definition) is 2. The average molecular weight is 334 g/mol. The molecule has 2 rings (SSSR count). The lowest BCUT2D eigenvalue weighted by Gasteiger charge is -2.16. The molecule has 1 aliphatic heterocycles. The van der Waals surface area contributed by atoms with Crippen molar-refractivity contribution < 1.29 is 19.4 Å². The summed E-state index contributed by atoms with van der Waals surface area (Å²) in [7, 11) is 0. The van der Waals surface area contributed by atoms with E-state index in [9.17, 15) is 9.59 Å². The summed E-state index contributed by atoms with van der Waals surface area (Å²) < 4.78 is 5.64. The van der Waals surface area contributed by atoms with Crippen LogP contribution >= 0.6 is 0 Å². The summed E-state index contributed by atoms with van der Waals surface area (Å²) in [6, 6.07) is 7.70. The minimum absolute atomic E-state index is 0.185. The smallest absolute Gasteiger partial charge is 0.317 e. The number of benzene rings is 1. The fourth-order valence-electron chi connectivity index (χ4n) is 2.59. The molecular weight excluding hydrogens is 308 g/mol. The zero-order chi connectivity index (χ0) is 17.5. The van der Waals surface area contributed by atoms with Crippen molar-refractivity contribution in [3.63, 3.8) is 0 Å². The average Bonchev–Trinajstić information content (AvgIpc) is 3.04. The van der Waals surface area contributed by atoms with Crippen molar-refractivity contribution in [1.29, 1.82) is 0 Å². The summed E-state index contributed by atoms with van der Waals surface area (Å²) in [6.45, 7) is 6.24. The third kappa shape index (κ3) is 5.44. The fourth-order valence-corrected chi connectivity index (χ4v) is 2.59. The summed E-state index contributed by atoms with van der Waals surface area (Å²) in [5, 5.41) is 11.8. The van der Waals surface area contributed by atoms with Gasteiger partial charge < -0.3 is 20.1 Å². The Balaban J connectivity index is 1.70. The first-order valence-electron chi connectivity index (χ1n) is 8.43. The molecule has 2 amide bonds. The third-order valence-electron chi connectivity index (χ3n) is 4.02. The molecule has 1 saturated heterocycles. The van der Waals surface area contributed by atoms with Gasteiger partial charge in [0.1, 0.15) is 5.75 Å². The first-order valence-corrected chi connectivity index (χ1v) is 8.43. The zero-order valence-electron chi connectivity index (χ0n) is 14.3. The predicted molar refractivity (Wildman–Crippen MR) is 91.2 cm³/mol. The lowest BCUT2D eigenvalue weighted by atomic mass is 10.1. The molecule has 1 unspecified atom stereocenters. The highest BCUT2D eigenvalue weighted by molar-refractivity contribution is 5.77. The highest BCUT2D eigenvalue weighted by Gasteiger charge is 2.30. The summed E-state index contributed by atoms with van der Waals surface area (Å²) >= 11 is 0. The van der Waals surface area contributed by atoms with Crippen LogP contribution < -0.4 is 10.1 Å². The maximum atomic E-state index is 12.0. The van der Waals surface area contributed by atoms with Gasteiger partial charge >= 0.3 is 12.0 Å². The van der Waals surface area contributed by atoms with Crippen molar-refractivity contribution in [2.45, 2.75) is 26.7 Å². The van der Waals surface area contributed by atoms with Gasteiger partial charge in [-0.15, -0.1) is 0 Å². The Morgan fingerprint density at radius 1 is 1.33 bits per heavy atom. The van der Waals surface area contributed by atoms with Crippen molar-refractivity contribution in [3.8, 4) is 5.75 Å². The van der Waals surface area contributed by atoms with E-state index in [1.54, 1.807) is 4.90 Å². The number of hydrogen-bond acceptors (Lipinski definition) is 3. The first kappa shape index (κ1) is 18.1. The Hall–Kier alpha value is -2.24. The maximum Gasteiger partial charge on any atom is 0.317 e. The van der Waals surface area contributed by atoms with Crippen LogP contribution in [0.1, 0.15) is 25.8 Å². The van der Waals surface area contributed by atoms with Gasteiger partial charge in [-0.25, -0.2) is 4.79 Å². The molecule has 132 valence electrons. The number of rotatable bonds is 7. The Bertz CT molecular complexity index is 557. The number of carbonyl (C=O) groups is 2. The molecule has 1 fully saturated rings. The first-order chi connectivity index (χ1) is 11.5. The number of nitrogens with zero attached hydrogens (tertiary/aromatic N) is 1. The van der Waals surface area contributed by atoms with Gasteiger partial charge in [0.25, 0.3) is 0 Å². The third-order valence-corrected chi connectivity index (χ3v) is 4.02. The van der Waals surface area contributed by atoms with E-state index in [4.69, 9.17) is 9.84 Å². The van der Waals surface area contributed by atoms with E-state index in [0.717, 1.165) is 17.7 Å². The Labute approximate surface area is 142 Å². The summed E-state index contributed by atoms with van der Waals surface area (Å²) in [5.74, 6) is 0.0821. The van der Waals surface area contributed by atoms with Gasteiger partial charge in [0, 0.05) is 19.6 Å². The molecule has 1 heterocycles. The number of nitrogens with one attached hydrogen (secondary N) is 1. The monoisotopic (exact) mass is 334 g/mol. The Morgan fingerprint density at radius 2 is 2.04 bits per heavy atom. The van der Waals surface area contributed by atoms with E-state index in [1.165, 1.54) is 0 Å². The van der Waals surface area contributed by atoms with Gasteiger partial charge in [0.15, 0.2) is 0 Å². The molecule has 2 N–H and O–H groups in total. The van der Waals surface area contributed by atoms with Crippen LogP contribution in [0.4, 0.5) is 4.79 Å². The maximum absolute atomic E-state index is 12.0. The van der Waals surface area contributed by atoms with Crippen molar-refractivity contribution in [3.05, 3.63) is 29.8 Å². The van der Waals surface area contributed by atoms with Crippen LogP contribution in [0.25, 0.3) is 0 Å². The van der Waals surface area contributed by atoms with E-state index < -0.39 is 11.9 Å². The number of carboxylic acids is 1. The molecule has 1 aromatic carbocycles. The highest BCUT2D eigenvalue weighted by atomic mass is 16.5. The molecule has 1 atom stereocenters. The minimum atomic E-state index is -0.829. The van der Waals surface area contributed by atoms with E-state index >= 15 is 0 Å². The molecule has 0 saturated carbocycles. The predicted octanol–water partition coefficient (Wildman–Crippen LogP) is 2.38. The van der Waals surface area contributed by atoms with Crippen LogP contribution in [0.5, 0.6) is 5.75 Å². The molecule has 0 aromatic heterocycles. The van der Waals surface area contributed by atoms with Gasteiger partial charge in [-0.1, -0.05) is 26.0 Å². The normalized spacial score (nSPS) is 17.1. The van der Waals surface area contributed by atoms with Gasteiger partial charge in [-0.2, -0.15) is 0 Å². The molecule has 1 aliphatic rings.